The van der Waals surface area contributed by atoms with E-state index in [1.165, 1.54) is 16.7 Å². The van der Waals surface area contributed by atoms with Crippen LogP contribution in [0.3, 0.4) is 0 Å². The van der Waals surface area contributed by atoms with Crippen molar-refractivity contribution in [2.45, 2.75) is 80.1 Å². The van der Waals surface area contributed by atoms with Crippen molar-refractivity contribution < 1.29 is 18.3 Å². The van der Waals surface area contributed by atoms with Gasteiger partial charge >= 0.3 is 7.60 Å². The molecule has 32 heavy (non-hydrogen) atoms. The zero-order valence-corrected chi connectivity index (χ0v) is 22.4. The lowest BCUT2D eigenvalue weighted by Crippen LogP contribution is -2.19. The topological polar surface area (TPSA) is 44.8 Å². The van der Waals surface area contributed by atoms with E-state index in [1.807, 2.05) is 26.0 Å². The van der Waals surface area contributed by atoms with Gasteiger partial charge in [0.1, 0.15) is 11.1 Å². The molecule has 2 aromatic carbocycles. The second-order valence-corrected chi connectivity index (χ2v) is 11.1. The van der Waals surface area contributed by atoms with Gasteiger partial charge < -0.3 is 13.8 Å². The van der Waals surface area contributed by atoms with E-state index in [1.54, 1.807) is 7.11 Å². The number of benzene rings is 2. The van der Waals surface area contributed by atoms with Crippen LogP contribution < -0.4 is 10.0 Å². The molecule has 0 saturated carbocycles. The van der Waals surface area contributed by atoms with Gasteiger partial charge in [-0.2, -0.15) is 0 Å². The largest absolute Gasteiger partial charge is 0.496 e. The molecule has 0 spiro atoms. The molecule has 0 amide bonds. The van der Waals surface area contributed by atoms with Gasteiger partial charge in [0.2, 0.25) is 0 Å². The Morgan fingerprint density at radius 2 is 1.31 bits per heavy atom. The summed E-state index contributed by atoms with van der Waals surface area (Å²) < 4.78 is 31.5. The van der Waals surface area contributed by atoms with Gasteiger partial charge in [0.15, 0.2) is 0 Å². The zero-order valence-electron chi connectivity index (χ0n) is 21.5. The highest BCUT2D eigenvalue weighted by atomic mass is 31.2. The average molecular weight is 461 g/mol. The van der Waals surface area contributed by atoms with Gasteiger partial charge in [-0.15, -0.1) is 0 Å². The molecule has 0 heterocycles. The minimum Gasteiger partial charge on any atom is -0.496 e. The maximum Gasteiger partial charge on any atom is 0.365 e. The summed E-state index contributed by atoms with van der Waals surface area (Å²) in [6, 6.07) is 8.52. The van der Waals surface area contributed by atoms with Crippen molar-refractivity contribution in [3.8, 4) is 16.9 Å². The van der Waals surface area contributed by atoms with Crippen LogP contribution in [0.15, 0.2) is 24.3 Å². The van der Waals surface area contributed by atoms with Gasteiger partial charge in [0.05, 0.1) is 20.3 Å². The van der Waals surface area contributed by atoms with Crippen molar-refractivity contribution in [1.29, 1.82) is 0 Å². The van der Waals surface area contributed by atoms with E-state index in [9.17, 15) is 4.57 Å². The summed E-state index contributed by atoms with van der Waals surface area (Å²) in [6.45, 7) is 19.6. The van der Waals surface area contributed by atoms with Crippen LogP contribution in [0.2, 0.25) is 0 Å². The molecule has 2 aromatic rings. The number of aryl methyl sites for hydroxylation is 1. The average Bonchev–Trinajstić information content (AvgIpc) is 2.72. The first-order valence-electron chi connectivity index (χ1n) is 11.8. The summed E-state index contributed by atoms with van der Waals surface area (Å²) in [4.78, 5) is 0. The van der Waals surface area contributed by atoms with Gasteiger partial charge in [0.25, 0.3) is 0 Å². The molecule has 0 aromatic heterocycles. The van der Waals surface area contributed by atoms with E-state index in [-0.39, 0.29) is 13.2 Å². The summed E-state index contributed by atoms with van der Waals surface area (Å²) in [7, 11) is -2.01. The number of hydrogen-bond acceptors (Lipinski definition) is 4. The zero-order chi connectivity index (χ0) is 24.2. The maximum atomic E-state index is 14.2. The molecule has 0 fully saturated rings. The third-order valence-corrected chi connectivity index (χ3v) is 8.01. The first kappa shape index (κ1) is 26.6. The predicted molar refractivity (Wildman–Crippen MR) is 136 cm³/mol. The molecular formula is C27H41O4P. The Morgan fingerprint density at radius 3 is 1.69 bits per heavy atom. The van der Waals surface area contributed by atoms with Gasteiger partial charge in [-0.1, -0.05) is 59.7 Å². The molecule has 0 aliphatic rings. The first-order chi connectivity index (χ1) is 15.0. The molecule has 0 atom stereocenters. The van der Waals surface area contributed by atoms with Crippen LogP contribution in [0.4, 0.5) is 0 Å². The Kier molecular flexibility index (Phi) is 9.16. The van der Waals surface area contributed by atoms with Crippen molar-refractivity contribution >= 4 is 12.9 Å². The molecule has 2 rings (SSSR count). The smallest absolute Gasteiger partial charge is 0.365 e. The summed E-state index contributed by atoms with van der Waals surface area (Å²) in [5, 5.41) is 0.532. The molecule has 5 heteroatoms. The fourth-order valence-electron chi connectivity index (χ4n) is 4.18. The highest BCUT2D eigenvalue weighted by Gasteiger charge is 2.36. The summed E-state index contributed by atoms with van der Waals surface area (Å²) >= 11 is 0. The van der Waals surface area contributed by atoms with E-state index in [2.05, 4.69) is 60.6 Å². The number of rotatable bonds is 10. The number of methoxy groups -OCH3 is 1. The van der Waals surface area contributed by atoms with Crippen LogP contribution in [-0.4, -0.2) is 20.3 Å². The van der Waals surface area contributed by atoms with Crippen LogP contribution >= 0.6 is 7.60 Å². The SMILES string of the molecule is CCOP(=O)(OCC)c1c(OC)ccc(C)c1-c1c(C(C)C)cc(C(C)C)cc1C(C)C. The standard InChI is InChI=1S/C27H41O4P/c1-11-30-32(28,31-12-2)27-24(29-10)14-13-20(9)25(27)26-22(18(5)6)15-21(17(3)4)16-23(26)19(7)8/h13-19H,11-12H2,1-10H3. The molecule has 0 radical (unpaired) electrons. The monoisotopic (exact) mass is 460 g/mol. The minimum absolute atomic E-state index is 0.286. The Labute approximate surface area is 195 Å². The molecule has 0 aliphatic heterocycles. The number of hydrogen-bond donors (Lipinski definition) is 0. The van der Waals surface area contributed by atoms with Crippen LogP contribution in [0, 0.1) is 6.92 Å². The maximum absolute atomic E-state index is 14.2. The Bertz CT molecular complexity index is 937. The highest BCUT2D eigenvalue weighted by molar-refractivity contribution is 7.62. The molecular weight excluding hydrogens is 419 g/mol. The third-order valence-electron chi connectivity index (χ3n) is 5.82. The fraction of sp³-hybridized carbons (Fsp3) is 0.556. The second kappa shape index (κ2) is 11.0. The quantitative estimate of drug-likeness (QED) is 0.338. The molecule has 0 aliphatic carbocycles. The lowest BCUT2D eigenvalue weighted by molar-refractivity contribution is 0.229. The molecule has 0 saturated heterocycles. The van der Waals surface area contributed by atoms with Crippen LogP contribution in [0.5, 0.6) is 5.75 Å². The fourth-order valence-corrected chi connectivity index (χ4v) is 6.19. The van der Waals surface area contributed by atoms with Crippen molar-refractivity contribution in [2.24, 2.45) is 0 Å². The van der Waals surface area contributed by atoms with E-state index in [0.717, 1.165) is 16.7 Å². The first-order valence-corrected chi connectivity index (χ1v) is 13.3. The normalized spacial score (nSPS) is 12.3. The number of ether oxygens (including phenoxy) is 1. The van der Waals surface area contributed by atoms with Crippen molar-refractivity contribution in [2.75, 3.05) is 20.3 Å². The molecule has 4 nitrogen and oxygen atoms in total. The van der Waals surface area contributed by atoms with E-state index in [4.69, 9.17) is 13.8 Å². The Hall–Kier alpha value is -1.61. The molecule has 0 N–H and O–H groups in total. The van der Waals surface area contributed by atoms with E-state index < -0.39 is 7.60 Å². The predicted octanol–water partition coefficient (Wildman–Crippen LogP) is 7.93. The Morgan fingerprint density at radius 1 is 0.812 bits per heavy atom. The second-order valence-electron chi connectivity index (χ2n) is 9.18. The lowest BCUT2D eigenvalue weighted by Gasteiger charge is -2.28. The summed E-state index contributed by atoms with van der Waals surface area (Å²) in [5.41, 5.74) is 6.89. The summed E-state index contributed by atoms with van der Waals surface area (Å²) in [5.74, 6) is 1.53. The highest BCUT2D eigenvalue weighted by Crippen LogP contribution is 2.54. The van der Waals surface area contributed by atoms with Crippen LogP contribution in [0.1, 0.15) is 95.4 Å². The van der Waals surface area contributed by atoms with Gasteiger partial charge in [0, 0.05) is 5.56 Å². The van der Waals surface area contributed by atoms with Crippen LogP contribution in [-0.2, 0) is 13.6 Å². The molecule has 0 unspecified atom stereocenters. The lowest BCUT2D eigenvalue weighted by atomic mass is 9.80. The van der Waals surface area contributed by atoms with Crippen LogP contribution in [0.25, 0.3) is 11.1 Å². The minimum atomic E-state index is -3.61. The molecule has 178 valence electrons. The van der Waals surface area contributed by atoms with E-state index >= 15 is 0 Å². The Balaban J connectivity index is 3.11. The van der Waals surface area contributed by atoms with Gasteiger partial charge in [-0.25, -0.2) is 0 Å². The molecule has 0 bridgehead atoms. The van der Waals surface area contributed by atoms with E-state index in [0.29, 0.717) is 28.8 Å². The van der Waals surface area contributed by atoms with Crippen molar-refractivity contribution in [3.05, 3.63) is 46.5 Å². The van der Waals surface area contributed by atoms with Crippen molar-refractivity contribution in [1.82, 2.24) is 0 Å². The van der Waals surface area contributed by atoms with Gasteiger partial charge in [-0.05, 0) is 72.4 Å². The van der Waals surface area contributed by atoms with Crippen molar-refractivity contribution in [3.63, 3.8) is 0 Å². The van der Waals surface area contributed by atoms with Gasteiger partial charge in [-0.3, -0.25) is 4.57 Å². The third kappa shape index (κ3) is 5.30. The summed E-state index contributed by atoms with van der Waals surface area (Å²) in [6.07, 6.45) is 0.